The van der Waals surface area contributed by atoms with Crippen LogP contribution in [0.25, 0.3) is 10.9 Å². The molecule has 3 atom stereocenters. The summed E-state index contributed by atoms with van der Waals surface area (Å²) in [6.45, 7) is 4.03. The summed E-state index contributed by atoms with van der Waals surface area (Å²) < 4.78 is 72.8. The summed E-state index contributed by atoms with van der Waals surface area (Å²) in [6.07, 6.45) is -5.76. The summed E-state index contributed by atoms with van der Waals surface area (Å²) in [5, 5.41) is 32.2. The molecule has 53 heavy (non-hydrogen) atoms. The van der Waals surface area contributed by atoms with Crippen LogP contribution in [-0.2, 0) is 38.7 Å². The number of carboxylic acid groups (broad SMARTS) is 2. The Morgan fingerprint density at radius 2 is 1.91 bits per heavy atom. The number of carboxylic acids is 2. The fourth-order valence-electron chi connectivity index (χ4n) is 4.72. The van der Waals surface area contributed by atoms with Crippen molar-refractivity contribution < 1.29 is 69.4 Å². The van der Waals surface area contributed by atoms with Gasteiger partial charge in [0.2, 0.25) is 0 Å². The zero-order valence-electron chi connectivity index (χ0n) is 27.4. The fraction of sp³-hybridized carbons (Fsp3) is 0.393. The Hall–Kier alpha value is -5.37. The van der Waals surface area contributed by atoms with Crippen molar-refractivity contribution in [2.24, 2.45) is 5.16 Å². The minimum atomic E-state index is -5.08. The number of halogens is 3. The third kappa shape index (κ3) is 10.6. The number of hydrogen-bond acceptors (Lipinski definition) is 16. The number of amides is 2. The molecule has 2 aromatic heterocycles. The second-order valence-electron chi connectivity index (χ2n) is 11.6. The molecule has 1 aromatic carbocycles. The van der Waals surface area contributed by atoms with Crippen LogP contribution in [0, 0.1) is 0 Å². The molecule has 2 fully saturated rings. The lowest BCUT2D eigenvalue weighted by molar-refractivity contribution is -0.218. The van der Waals surface area contributed by atoms with E-state index in [1.165, 1.54) is 19.2 Å². The average Bonchev–Trinajstić information content (AvgIpc) is 3.74. The Balaban J connectivity index is 0.000000815. The van der Waals surface area contributed by atoms with Gasteiger partial charge in [-0.3, -0.25) is 14.1 Å². The van der Waals surface area contributed by atoms with E-state index in [2.05, 4.69) is 35.4 Å². The number of nitrogen functional groups attached to an aromatic ring is 1. The number of rotatable bonds is 13. The molecule has 0 bridgehead atoms. The van der Waals surface area contributed by atoms with E-state index < -0.39 is 70.3 Å². The lowest BCUT2D eigenvalue weighted by Gasteiger charge is -2.50. The number of carbonyl (C=O) groups excluding carboxylic acids is 2. The number of thiazole rings is 1. The summed E-state index contributed by atoms with van der Waals surface area (Å²) in [4.78, 5) is 60.4. The van der Waals surface area contributed by atoms with E-state index in [-0.39, 0.29) is 10.8 Å². The van der Waals surface area contributed by atoms with Crippen molar-refractivity contribution in [2.75, 3.05) is 30.7 Å². The van der Waals surface area contributed by atoms with Gasteiger partial charge in [0.15, 0.2) is 10.8 Å². The minimum Gasteiger partial charge on any atom is -0.489 e. The number of nitrogens with zero attached hydrogens (tertiary/aromatic N) is 4. The number of aromatic nitrogens is 2. The number of hydroxylamine groups is 2. The van der Waals surface area contributed by atoms with E-state index in [4.69, 9.17) is 29.8 Å². The van der Waals surface area contributed by atoms with E-state index in [1.807, 2.05) is 12.1 Å². The van der Waals surface area contributed by atoms with Crippen molar-refractivity contribution in [3.63, 3.8) is 0 Å². The first-order valence-corrected chi connectivity index (χ1v) is 17.2. The number of alkyl halides is 3. The smallest absolute Gasteiger partial charge is 0.489 e. The van der Waals surface area contributed by atoms with Crippen LogP contribution in [0.3, 0.4) is 0 Å². The summed E-state index contributed by atoms with van der Waals surface area (Å²) in [5.41, 5.74) is 4.37. The molecule has 25 heteroatoms. The number of nitrogens with two attached hydrogens (primary N) is 1. The Bertz CT molecular complexity index is 2010. The molecule has 5 rings (SSSR count). The molecule has 8 N–H and O–H groups in total. The zero-order valence-corrected chi connectivity index (χ0v) is 29.0. The van der Waals surface area contributed by atoms with Gasteiger partial charge >= 0.3 is 28.5 Å². The van der Waals surface area contributed by atoms with Crippen molar-refractivity contribution >= 4 is 73.1 Å². The SMILES string of the molecule is CC1(C)[C@H](NC(=O)/C(=N\OC(COc2ccc3nc(N[C@H]4CCNC4)ccc3c2)C(=O)O)c2csc(N)n2)C(=O)N1OS(=O)(=O)O.O=C(O)C(F)(F)F. The molecular weight excluding hydrogens is 761 g/mol. The number of nitrogens with one attached hydrogen (secondary N) is 3. The fourth-order valence-corrected chi connectivity index (χ4v) is 5.72. The van der Waals surface area contributed by atoms with Gasteiger partial charge in [0, 0.05) is 23.4 Å². The highest BCUT2D eigenvalue weighted by molar-refractivity contribution is 7.80. The maximum Gasteiger partial charge on any atom is 0.490 e. The van der Waals surface area contributed by atoms with Crippen LogP contribution in [0.2, 0.25) is 0 Å². The lowest BCUT2D eigenvalue weighted by Crippen LogP contribution is -2.76. The minimum absolute atomic E-state index is 0.0608. The largest absolute Gasteiger partial charge is 0.490 e. The molecule has 0 saturated carbocycles. The standard InChI is InChI=1S/C26H30N8O10S2.C2HF3O2/c1-26(2)21(23(36)34(26)44-46(39,40)41)32-22(35)20(17-12-45-25(27)31-17)33-43-18(24(37)38)11-42-15-4-5-16-13(9-15)3-6-19(30-16)29-14-7-8-28-10-14;3-2(4,5)1(6)7/h3-6,9,12,14,18,21,28H,7-8,10-11H2,1-2H3,(H2,27,31)(H,29,30)(H,32,35)(H,37,38)(H,39,40,41);(H,6,7)/b33-20-;/t14-,18?,21+;/m0./s1. The molecule has 288 valence electrons. The molecule has 2 aliphatic rings. The summed E-state index contributed by atoms with van der Waals surface area (Å²) in [7, 11) is -5.01. The van der Waals surface area contributed by atoms with Crippen molar-refractivity contribution in [1.82, 2.24) is 25.7 Å². The topological polar surface area (TPSA) is 294 Å². The van der Waals surface area contributed by atoms with Crippen LogP contribution in [0.1, 0.15) is 26.0 Å². The predicted molar refractivity (Wildman–Crippen MR) is 177 cm³/mol. The van der Waals surface area contributed by atoms with Gasteiger partial charge in [-0.25, -0.2) is 19.6 Å². The zero-order chi connectivity index (χ0) is 39.3. The van der Waals surface area contributed by atoms with Gasteiger partial charge in [0.05, 0.1) is 11.1 Å². The van der Waals surface area contributed by atoms with E-state index in [0.717, 1.165) is 42.1 Å². The number of ether oxygens (including phenoxy) is 1. The molecule has 2 aliphatic heterocycles. The van der Waals surface area contributed by atoms with Crippen LogP contribution < -0.4 is 26.4 Å². The third-order valence-corrected chi connectivity index (χ3v) is 8.38. The maximum absolute atomic E-state index is 13.2. The number of benzene rings is 1. The molecule has 20 nitrogen and oxygen atoms in total. The first-order chi connectivity index (χ1) is 24.7. The monoisotopic (exact) mass is 792 g/mol. The molecule has 4 heterocycles. The van der Waals surface area contributed by atoms with Gasteiger partial charge in [-0.05, 0) is 57.1 Å². The Kier molecular flexibility index (Phi) is 12.3. The predicted octanol–water partition coefficient (Wildman–Crippen LogP) is 0.774. The van der Waals surface area contributed by atoms with Crippen LogP contribution in [0.15, 0.2) is 40.9 Å². The van der Waals surface area contributed by atoms with Gasteiger partial charge in [-0.2, -0.15) is 26.7 Å². The molecule has 1 unspecified atom stereocenters. The number of β-lactam (4-membered cyclic amide) rings is 1. The summed E-state index contributed by atoms with van der Waals surface area (Å²) in [5.74, 6) is -5.14. The van der Waals surface area contributed by atoms with Crippen molar-refractivity contribution in [2.45, 2.75) is 50.2 Å². The summed E-state index contributed by atoms with van der Waals surface area (Å²) >= 11 is 0.961. The molecule has 0 spiro atoms. The van der Waals surface area contributed by atoms with E-state index in [1.54, 1.807) is 18.2 Å². The van der Waals surface area contributed by atoms with Crippen LogP contribution in [-0.4, -0.2) is 117 Å². The highest BCUT2D eigenvalue weighted by Gasteiger charge is 2.58. The van der Waals surface area contributed by atoms with Gasteiger partial charge in [-0.15, -0.1) is 15.6 Å². The van der Waals surface area contributed by atoms with Gasteiger partial charge in [0.1, 0.15) is 29.9 Å². The second-order valence-corrected chi connectivity index (χ2v) is 13.5. The molecule has 3 aromatic rings. The third-order valence-electron chi connectivity index (χ3n) is 7.36. The maximum atomic E-state index is 13.2. The Labute approximate surface area is 301 Å². The highest BCUT2D eigenvalue weighted by Crippen LogP contribution is 2.33. The number of oxime groups is 1. The van der Waals surface area contributed by atoms with E-state index in [9.17, 15) is 41.1 Å². The van der Waals surface area contributed by atoms with Crippen molar-refractivity contribution in [3.05, 3.63) is 41.4 Å². The highest BCUT2D eigenvalue weighted by atomic mass is 32.3. The normalized spacial score (nSPS) is 19.0. The first kappa shape index (κ1) is 40.4. The Morgan fingerprint density at radius 3 is 2.45 bits per heavy atom. The number of fused-ring (bicyclic) bond motifs is 1. The molecule has 0 aliphatic carbocycles. The molecular formula is C28H31F3N8O12S2. The van der Waals surface area contributed by atoms with Crippen molar-refractivity contribution in [3.8, 4) is 5.75 Å². The number of hydrogen-bond donors (Lipinski definition) is 7. The lowest BCUT2D eigenvalue weighted by atomic mass is 9.84. The van der Waals surface area contributed by atoms with E-state index in [0.29, 0.717) is 22.4 Å². The van der Waals surface area contributed by atoms with Gasteiger partial charge in [-0.1, -0.05) is 5.16 Å². The molecule has 2 amide bonds. The number of carbonyl (C=O) groups is 4. The van der Waals surface area contributed by atoms with E-state index >= 15 is 0 Å². The van der Waals surface area contributed by atoms with Gasteiger partial charge in [0.25, 0.3) is 17.9 Å². The molecule has 2 saturated heterocycles. The number of aliphatic carboxylic acids is 2. The number of anilines is 2. The Morgan fingerprint density at radius 1 is 1.21 bits per heavy atom. The van der Waals surface area contributed by atoms with Gasteiger partial charge < -0.3 is 41.5 Å². The van der Waals surface area contributed by atoms with Crippen molar-refractivity contribution in [1.29, 1.82) is 0 Å². The number of pyridine rings is 1. The van der Waals surface area contributed by atoms with Crippen LogP contribution in [0.4, 0.5) is 24.1 Å². The average molecular weight is 793 g/mol. The quantitative estimate of drug-likeness (QED) is 0.0544. The van der Waals surface area contributed by atoms with Crippen LogP contribution in [0.5, 0.6) is 5.75 Å². The summed E-state index contributed by atoms with van der Waals surface area (Å²) in [6, 6.07) is 7.73. The molecule has 0 radical (unpaired) electrons. The second kappa shape index (κ2) is 16.1. The first-order valence-electron chi connectivity index (χ1n) is 15.0. The van der Waals surface area contributed by atoms with Crippen LogP contribution >= 0.6 is 11.3 Å².